The summed E-state index contributed by atoms with van der Waals surface area (Å²) in [6.45, 7) is 3.70. The number of nitrogens with one attached hydrogen (secondary N) is 1. The van der Waals surface area contributed by atoms with E-state index in [2.05, 4.69) is 10.3 Å². The molecular weight excluding hydrogens is 296 g/mol. The maximum Gasteiger partial charge on any atom is 0.265 e. The summed E-state index contributed by atoms with van der Waals surface area (Å²) in [6, 6.07) is 15.0. The van der Waals surface area contributed by atoms with Gasteiger partial charge in [0.05, 0.1) is 15.2 Å². The Morgan fingerprint density at radius 3 is 2.77 bits per heavy atom. The number of benzene rings is 2. The van der Waals surface area contributed by atoms with Crippen molar-refractivity contribution in [1.29, 1.82) is 0 Å². The predicted molar refractivity (Wildman–Crippen MR) is 89.5 cm³/mol. The lowest BCUT2D eigenvalue weighted by atomic mass is 10.2. The van der Waals surface area contributed by atoms with Crippen LogP contribution in [-0.4, -0.2) is 17.0 Å². The number of amides is 1. The van der Waals surface area contributed by atoms with Crippen molar-refractivity contribution in [2.24, 2.45) is 0 Å². The van der Waals surface area contributed by atoms with E-state index < -0.39 is 6.10 Å². The highest BCUT2D eigenvalue weighted by Gasteiger charge is 2.15. The Balaban J connectivity index is 1.69. The van der Waals surface area contributed by atoms with Gasteiger partial charge in [0.15, 0.2) is 6.10 Å². The molecule has 0 unspecified atom stereocenters. The Bertz CT molecular complexity index is 799. The summed E-state index contributed by atoms with van der Waals surface area (Å²) < 4.78 is 6.68. The summed E-state index contributed by atoms with van der Waals surface area (Å²) in [5.74, 6) is 0.503. The molecule has 1 amide bonds. The van der Waals surface area contributed by atoms with Crippen molar-refractivity contribution >= 4 is 33.1 Å². The summed E-state index contributed by atoms with van der Waals surface area (Å²) in [5, 5.41) is 3.89. The molecule has 0 aliphatic heterocycles. The van der Waals surface area contributed by atoms with Gasteiger partial charge >= 0.3 is 0 Å². The van der Waals surface area contributed by atoms with Gasteiger partial charge in [0.2, 0.25) is 0 Å². The Morgan fingerprint density at radius 2 is 2.00 bits per heavy atom. The molecule has 2 aromatic carbocycles. The van der Waals surface area contributed by atoms with Crippen LogP contribution >= 0.6 is 11.3 Å². The lowest BCUT2D eigenvalue weighted by molar-refractivity contribution is -0.122. The maximum atomic E-state index is 12.2. The third kappa shape index (κ3) is 3.26. The fourth-order valence-electron chi connectivity index (χ4n) is 2.12. The van der Waals surface area contributed by atoms with E-state index in [1.807, 2.05) is 55.5 Å². The molecule has 1 heterocycles. The van der Waals surface area contributed by atoms with Crippen LogP contribution in [-0.2, 0) is 4.79 Å². The number of thiazole rings is 1. The quantitative estimate of drug-likeness (QED) is 0.792. The molecule has 112 valence electrons. The number of nitrogens with zero attached hydrogens (tertiary/aromatic N) is 1. The highest BCUT2D eigenvalue weighted by Crippen LogP contribution is 2.25. The standard InChI is InChI=1S/C17H16N2O2S/c1-11(21-14-6-4-3-5-7-14)17(20)19-13-8-9-15-16(10-13)22-12(2)18-15/h3-11H,1-2H3,(H,19,20)/t11-/m0/s1. The van der Waals surface area contributed by atoms with Crippen LogP contribution < -0.4 is 10.1 Å². The van der Waals surface area contributed by atoms with Gasteiger partial charge in [-0.3, -0.25) is 4.79 Å². The molecule has 0 saturated carbocycles. The first-order valence-corrected chi connectivity index (χ1v) is 7.83. The summed E-state index contributed by atoms with van der Waals surface area (Å²) in [7, 11) is 0. The van der Waals surface area contributed by atoms with E-state index in [1.54, 1.807) is 18.3 Å². The number of rotatable bonds is 4. The smallest absolute Gasteiger partial charge is 0.265 e. The van der Waals surface area contributed by atoms with Crippen LogP contribution in [0.25, 0.3) is 10.2 Å². The molecule has 0 radical (unpaired) electrons. The van der Waals surface area contributed by atoms with Crippen LogP contribution in [0, 0.1) is 6.92 Å². The molecule has 1 N–H and O–H groups in total. The van der Waals surface area contributed by atoms with Gasteiger partial charge in [-0.2, -0.15) is 0 Å². The van der Waals surface area contributed by atoms with Crippen LogP contribution in [0.3, 0.4) is 0 Å². The van der Waals surface area contributed by atoms with E-state index >= 15 is 0 Å². The minimum atomic E-state index is -0.568. The molecule has 1 aromatic heterocycles. The van der Waals surface area contributed by atoms with Crippen molar-refractivity contribution in [3.63, 3.8) is 0 Å². The number of carbonyl (C=O) groups excluding carboxylic acids is 1. The van der Waals surface area contributed by atoms with E-state index in [0.717, 1.165) is 20.9 Å². The van der Waals surface area contributed by atoms with E-state index in [4.69, 9.17) is 4.74 Å². The molecule has 3 rings (SSSR count). The summed E-state index contributed by atoms with van der Waals surface area (Å²) in [4.78, 5) is 16.6. The zero-order valence-electron chi connectivity index (χ0n) is 12.4. The van der Waals surface area contributed by atoms with Crippen molar-refractivity contribution in [2.45, 2.75) is 20.0 Å². The highest BCUT2D eigenvalue weighted by molar-refractivity contribution is 7.18. The number of hydrogen-bond donors (Lipinski definition) is 1. The number of hydrogen-bond acceptors (Lipinski definition) is 4. The highest BCUT2D eigenvalue weighted by atomic mass is 32.1. The summed E-state index contributed by atoms with van der Waals surface area (Å²) in [6.07, 6.45) is -0.568. The van der Waals surface area contributed by atoms with Crippen molar-refractivity contribution in [2.75, 3.05) is 5.32 Å². The molecule has 1 atom stereocenters. The van der Waals surface area contributed by atoms with E-state index in [9.17, 15) is 4.79 Å². The second kappa shape index (κ2) is 6.15. The van der Waals surface area contributed by atoms with Crippen LogP contribution in [0.15, 0.2) is 48.5 Å². The van der Waals surface area contributed by atoms with Gasteiger partial charge in [0.1, 0.15) is 5.75 Å². The van der Waals surface area contributed by atoms with Gasteiger partial charge in [-0.05, 0) is 44.2 Å². The number of ether oxygens (including phenoxy) is 1. The number of fused-ring (bicyclic) bond motifs is 1. The molecule has 0 bridgehead atoms. The topological polar surface area (TPSA) is 51.2 Å². The lowest BCUT2D eigenvalue weighted by Crippen LogP contribution is -2.30. The van der Waals surface area contributed by atoms with Gasteiger partial charge in [0, 0.05) is 5.69 Å². The van der Waals surface area contributed by atoms with Crippen molar-refractivity contribution < 1.29 is 9.53 Å². The normalized spacial score (nSPS) is 12.1. The first-order chi connectivity index (χ1) is 10.6. The van der Waals surface area contributed by atoms with Gasteiger partial charge < -0.3 is 10.1 Å². The second-order valence-corrected chi connectivity index (χ2v) is 6.21. The minimum Gasteiger partial charge on any atom is -0.481 e. The number of aromatic nitrogens is 1. The third-order valence-corrected chi connectivity index (χ3v) is 4.12. The third-order valence-electron chi connectivity index (χ3n) is 3.19. The molecule has 0 saturated heterocycles. The molecule has 0 aliphatic carbocycles. The van der Waals surface area contributed by atoms with Gasteiger partial charge in [0.25, 0.3) is 5.91 Å². The average molecular weight is 312 g/mol. The Hall–Kier alpha value is -2.40. The fraction of sp³-hybridized carbons (Fsp3) is 0.176. The first-order valence-electron chi connectivity index (χ1n) is 7.01. The molecule has 22 heavy (non-hydrogen) atoms. The zero-order chi connectivity index (χ0) is 15.5. The van der Waals surface area contributed by atoms with Crippen molar-refractivity contribution in [3.05, 3.63) is 53.5 Å². The monoisotopic (exact) mass is 312 g/mol. The summed E-state index contributed by atoms with van der Waals surface area (Å²) in [5.41, 5.74) is 1.71. The average Bonchev–Trinajstić information content (AvgIpc) is 2.87. The molecule has 5 heteroatoms. The van der Waals surface area contributed by atoms with Crippen LogP contribution in [0.2, 0.25) is 0 Å². The van der Waals surface area contributed by atoms with Gasteiger partial charge in [-0.15, -0.1) is 11.3 Å². The first kappa shape index (κ1) is 14.5. The van der Waals surface area contributed by atoms with Crippen molar-refractivity contribution in [1.82, 2.24) is 4.98 Å². The number of aryl methyl sites for hydroxylation is 1. The van der Waals surface area contributed by atoms with E-state index in [1.165, 1.54) is 0 Å². The van der Waals surface area contributed by atoms with E-state index in [-0.39, 0.29) is 5.91 Å². The number of anilines is 1. The predicted octanol–water partition coefficient (Wildman–Crippen LogP) is 4.01. The SMILES string of the molecule is Cc1nc2ccc(NC(=O)[C@H](C)Oc3ccccc3)cc2s1. The maximum absolute atomic E-state index is 12.2. The van der Waals surface area contributed by atoms with Crippen LogP contribution in [0.5, 0.6) is 5.75 Å². The van der Waals surface area contributed by atoms with Gasteiger partial charge in [-0.25, -0.2) is 4.98 Å². The van der Waals surface area contributed by atoms with E-state index in [0.29, 0.717) is 5.75 Å². The van der Waals surface area contributed by atoms with Crippen molar-refractivity contribution in [3.8, 4) is 5.75 Å². The molecule has 0 spiro atoms. The summed E-state index contributed by atoms with van der Waals surface area (Å²) >= 11 is 1.61. The minimum absolute atomic E-state index is 0.176. The van der Waals surface area contributed by atoms with Gasteiger partial charge in [-0.1, -0.05) is 18.2 Å². The molecule has 4 nitrogen and oxygen atoms in total. The Kier molecular flexibility index (Phi) is 4.06. The second-order valence-electron chi connectivity index (χ2n) is 4.98. The molecule has 0 aliphatic rings. The lowest BCUT2D eigenvalue weighted by Gasteiger charge is -2.14. The Labute approximate surface area is 132 Å². The molecule has 0 fully saturated rings. The number of para-hydroxylation sites is 1. The zero-order valence-corrected chi connectivity index (χ0v) is 13.2. The largest absolute Gasteiger partial charge is 0.481 e. The number of carbonyl (C=O) groups is 1. The fourth-order valence-corrected chi connectivity index (χ4v) is 2.98. The van der Waals surface area contributed by atoms with Crippen LogP contribution in [0.1, 0.15) is 11.9 Å². The molecular formula is C17H16N2O2S. The Morgan fingerprint density at radius 1 is 1.23 bits per heavy atom. The van der Waals surface area contributed by atoms with Crippen LogP contribution in [0.4, 0.5) is 5.69 Å². The molecule has 3 aromatic rings.